The van der Waals surface area contributed by atoms with E-state index >= 15 is 0 Å². The van der Waals surface area contributed by atoms with Crippen LogP contribution in [0.3, 0.4) is 0 Å². The Morgan fingerprint density at radius 2 is 2.20 bits per heavy atom. The van der Waals surface area contributed by atoms with Gasteiger partial charge < -0.3 is 14.7 Å². The van der Waals surface area contributed by atoms with Crippen molar-refractivity contribution in [1.29, 1.82) is 0 Å². The van der Waals surface area contributed by atoms with Gasteiger partial charge in [-0.25, -0.2) is 4.79 Å². The Labute approximate surface area is 114 Å². The number of fused-ring (bicyclic) bond motifs is 1. The fourth-order valence-electron chi connectivity index (χ4n) is 2.69. The minimum Gasteiger partial charge on any atom is -0.359 e. The number of aromatic nitrogens is 2. The number of H-pyrrole nitrogens is 1. The van der Waals surface area contributed by atoms with E-state index in [0.717, 1.165) is 5.06 Å². The second-order valence-electron chi connectivity index (χ2n) is 5.22. The molecule has 110 valence electrons. The standard InChI is InChI=1S/C12H17N3O5/c1-6-4-14(12(17)13-11(6)16)10-3-8-9(20-10)5-19-7(2)15(8)18/h4,7-10,18H,3,5H2,1-2H3,(H,13,16,17). The number of aryl methyl sites for hydroxylation is 1. The lowest BCUT2D eigenvalue weighted by Gasteiger charge is -2.36. The van der Waals surface area contributed by atoms with Crippen LogP contribution >= 0.6 is 0 Å². The molecule has 2 N–H and O–H groups in total. The summed E-state index contributed by atoms with van der Waals surface area (Å²) in [4.78, 5) is 25.5. The van der Waals surface area contributed by atoms with Crippen LogP contribution in [0.4, 0.5) is 0 Å². The van der Waals surface area contributed by atoms with E-state index in [1.165, 1.54) is 10.8 Å². The Hall–Kier alpha value is -1.48. The van der Waals surface area contributed by atoms with E-state index < -0.39 is 23.7 Å². The van der Waals surface area contributed by atoms with Crippen molar-refractivity contribution in [3.8, 4) is 0 Å². The minimum absolute atomic E-state index is 0.220. The minimum atomic E-state index is -0.517. The first-order valence-electron chi connectivity index (χ1n) is 6.53. The molecule has 2 aliphatic heterocycles. The van der Waals surface area contributed by atoms with E-state index in [1.54, 1.807) is 13.8 Å². The highest BCUT2D eigenvalue weighted by Gasteiger charge is 2.44. The molecule has 3 rings (SSSR count). The largest absolute Gasteiger partial charge is 0.359 e. The summed E-state index contributed by atoms with van der Waals surface area (Å²) < 4.78 is 12.5. The van der Waals surface area contributed by atoms with Gasteiger partial charge in [-0.15, -0.1) is 0 Å². The molecule has 0 aromatic carbocycles. The van der Waals surface area contributed by atoms with Gasteiger partial charge >= 0.3 is 5.69 Å². The Bertz CT molecular complexity index is 624. The first-order chi connectivity index (χ1) is 9.47. The number of aromatic amines is 1. The molecule has 3 heterocycles. The molecule has 2 saturated heterocycles. The molecule has 2 aliphatic rings. The molecule has 0 bridgehead atoms. The summed E-state index contributed by atoms with van der Waals surface area (Å²) in [7, 11) is 0. The van der Waals surface area contributed by atoms with Crippen molar-refractivity contribution in [2.24, 2.45) is 0 Å². The molecule has 0 radical (unpaired) electrons. The summed E-state index contributed by atoms with van der Waals surface area (Å²) in [5, 5.41) is 11.1. The summed E-state index contributed by atoms with van der Waals surface area (Å²) in [5.41, 5.74) is -0.473. The summed E-state index contributed by atoms with van der Waals surface area (Å²) in [6, 6.07) is -0.220. The molecule has 8 heteroatoms. The summed E-state index contributed by atoms with van der Waals surface area (Å²) >= 11 is 0. The third-order valence-electron chi connectivity index (χ3n) is 3.87. The Balaban J connectivity index is 1.89. The number of nitrogens with one attached hydrogen (secondary N) is 1. The van der Waals surface area contributed by atoms with Gasteiger partial charge in [0.2, 0.25) is 0 Å². The van der Waals surface area contributed by atoms with Crippen molar-refractivity contribution < 1.29 is 14.7 Å². The summed E-state index contributed by atoms with van der Waals surface area (Å²) in [6.45, 7) is 3.75. The van der Waals surface area contributed by atoms with Crippen LogP contribution in [-0.4, -0.2) is 44.8 Å². The van der Waals surface area contributed by atoms with E-state index in [-0.39, 0.29) is 12.1 Å². The lowest BCUT2D eigenvalue weighted by Crippen LogP contribution is -2.51. The van der Waals surface area contributed by atoms with Crippen LogP contribution in [0.5, 0.6) is 0 Å². The zero-order chi connectivity index (χ0) is 14.4. The molecule has 0 amide bonds. The van der Waals surface area contributed by atoms with Crippen molar-refractivity contribution in [2.45, 2.75) is 44.9 Å². The van der Waals surface area contributed by atoms with Gasteiger partial charge in [0, 0.05) is 18.2 Å². The molecule has 2 fully saturated rings. The van der Waals surface area contributed by atoms with Gasteiger partial charge in [0.25, 0.3) is 5.56 Å². The highest BCUT2D eigenvalue weighted by atomic mass is 16.6. The van der Waals surface area contributed by atoms with Gasteiger partial charge in [-0.3, -0.25) is 14.3 Å². The van der Waals surface area contributed by atoms with E-state index in [2.05, 4.69) is 4.98 Å². The predicted octanol–water partition coefficient (Wildman–Crippen LogP) is -0.431. The number of hydrogen-bond donors (Lipinski definition) is 2. The number of nitrogens with zero attached hydrogens (tertiary/aromatic N) is 2. The van der Waals surface area contributed by atoms with Crippen LogP contribution in [0, 0.1) is 6.92 Å². The quantitative estimate of drug-likeness (QED) is 0.726. The zero-order valence-electron chi connectivity index (χ0n) is 11.3. The fourth-order valence-corrected chi connectivity index (χ4v) is 2.69. The lowest BCUT2D eigenvalue weighted by atomic mass is 10.1. The van der Waals surface area contributed by atoms with Gasteiger partial charge in [0.15, 0.2) is 0 Å². The van der Waals surface area contributed by atoms with Gasteiger partial charge in [0.1, 0.15) is 18.6 Å². The number of hydrogen-bond acceptors (Lipinski definition) is 6. The van der Waals surface area contributed by atoms with Gasteiger partial charge in [-0.1, -0.05) is 0 Å². The highest BCUT2D eigenvalue weighted by molar-refractivity contribution is 5.02. The molecule has 1 aromatic heterocycles. The van der Waals surface area contributed by atoms with E-state index in [1.807, 2.05) is 0 Å². The van der Waals surface area contributed by atoms with Crippen LogP contribution in [0.2, 0.25) is 0 Å². The van der Waals surface area contributed by atoms with Crippen molar-refractivity contribution >= 4 is 0 Å². The number of hydroxylamine groups is 2. The first-order valence-corrected chi connectivity index (χ1v) is 6.53. The summed E-state index contributed by atoms with van der Waals surface area (Å²) in [6.07, 6.45) is 0.736. The number of rotatable bonds is 1. The van der Waals surface area contributed by atoms with Gasteiger partial charge in [-0.05, 0) is 13.8 Å². The second-order valence-corrected chi connectivity index (χ2v) is 5.22. The molecular weight excluding hydrogens is 266 g/mol. The second kappa shape index (κ2) is 4.81. The topological polar surface area (TPSA) is 96.8 Å². The molecule has 1 aromatic rings. The monoisotopic (exact) mass is 283 g/mol. The maximum absolute atomic E-state index is 11.9. The van der Waals surface area contributed by atoms with E-state index in [9.17, 15) is 14.8 Å². The molecule has 20 heavy (non-hydrogen) atoms. The van der Waals surface area contributed by atoms with Crippen LogP contribution in [-0.2, 0) is 9.47 Å². The van der Waals surface area contributed by atoms with E-state index in [4.69, 9.17) is 9.47 Å². The predicted molar refractivity (Wildman–Crippen MR) is 67.4 cm³/mol. The number of ether oxygens (including phenoxy) is 2. The maximum Gasteiger partial charge on any atom is 0.330 e. The molecule has 0 aliphatic carbocycles. The molecular formula is C12H17N3O5. The fraction of sp³-hybridized carbons (Fsp3) is 0.667. The molecule has 8 nitrogen and oxygen atoms in total. The van der Waals surface area contributed by atoms with Crippen LogP contribution < -0.4 is 11.2 Å². The SMILES string of the molecule is Cc1cn(C2CC3C(COC(C)N3O)O2)c(=O)[nH]c1=O. The van der Waals surface area contributed by atoms with Crippen LogP contribution in [0.1, 0.15) is 25.1 Å². The molecule has 4 atom stereocenters. The van der Waals surface area contributed by atoms with Crippen molar-refractivity contribution in [2.75, 3.05) is 6.61 Å². The van der Waals surface area contributed by atoms with Crippen molar-refractivity contribution in [3.63, 3.8) is 0 Å². The van der Waals surface area contributed by atoms with Gasteiger partial charge in [0.05, 0.1) is 12.6 Å². The molecule has 0 spiro atoms. The zero-order valence-corrected chi connectivity index (χ0v) is 11.3. The summed E-state index contributed by atoms with van der Waals surface area (Å²) in [5.74, 6) is 0. The van der Waals surface area contributed by atoms with E-state index in [0.29, 0.717) is 18.6 Å². The van der Waals surface area contributed by atoms with Crippen LogP contribution in [0.25, 0.3) is 0 Å². The highest BCUT2D eigenvalue weighted by Crippen LogP contribution is 2.34. The first kappa shape index (κ1) is 13.5. The Morgan fingerprint density at radius 3 is 2.95 bits per heavy atom. The Kier molecular flexibility index (Phi) is 3.25. The third-order valence-corrected chi connectivity index (χ3v) is 3.87. The normalized spacial score (nSPS) is 34.1. The average Bonchev–Trinajstić information content (AvgIpc) is 2.83. The Morgan fingerprint density at radius 1 is 1.45 bits per heavy atom. The molecule has 0 saturated carbocycles. The average molecular weight is 283 g/mol. The lowest BCUT2D eigenvalue weighted by molar-refractivity contribution is -0.278. The third kappa shape index (κ3) is 2.10. The van der Waals surface area contributed by atoms with Gasteiger partial charge in [-0.2, -0.15) is 5.06 Å². The maximum atomic E-state index is 11.9. The van der Waals surface area contributed by atoms with Crippen molar-refractivity contribution in [1.82, 2.24) is 14.6 Å². The smallest absolute Gasteiger partial charge is 0.330 e. The van der Waals surface area contributed by atoms with Crippen LogP contribution in [0.15, 0.2) is 15.8 Å². The van der Waals surface area contributed by atoms with Crippen molar-refractivity contribution in [3.05, 3.63) is 32.6 Å². The molecule has 4 unspecified atom stereocenters.